The van der Waals surface area contributed by atoms with Crippen molar-refractivity contribution in [3.63, 3.8) is 0 Å². The number of likely N-dealkylation sites (tertiary alicyclic amines) is 2. The molecule has 0 bridgehead atoms. The van der Waals surface area contributed by atoms with Crippen LogP contribution in [0.4, 0.5) is 0 Å². The molecule has 228 valence electrons. The first kappa shape index (κ1) is 29.5. The van der Waals surface area contributed by atoms with E-state index in [0.29, 0.717) is 12.6 Å². The van der Waals surface area contributed by atoms with Crippen LogP contribution in [0.1, 0.15) is 43.7 Å². The third-order valence-corrected chi connectivity index (χ3v) is 8.83. The molecule has 8 nitrogen and oxygen atoms in total. The fraction of sp³-hybridized carbons (Fsp3) is 0.457. The van der Waals surface area contributed by atoms with E-state index < -0.39 is 0 Å². The first-order chi connectivity index (χ1) is 21.1. The minimum Gasteiger partial charge on any atom is -0.457 e. The SMILES string of the molecule is CCCN1CCC(N2C[C@@H](NCc3cccc(Oc4ccccc4)c3)C[C@H]2C(=O)NCCc2ccc3c(c2)OCO3)CC1. The Morgan fingerprint density at radius 3 is 2.58 bits per heavy atom. The molecule has 0 unspecified atom stereocenters. The highest BCUT2D eigenvalue weighted by atomic mass is 16.7. The summed E-state index contributed by atoms with van der Waals surface area (Å²) >= 11 is 0. The second-order valence-electron chi connectivity index (χ2n) is 11.9. The average Bonchev–Trinajstić information content (AvgIpc) is 3.69. The number of piperidine rings is 1. The Morgan fingerprint density at radius 2 is 1.74 bits per heavy atom. The number of benzene rings is 3. The standard InChI is InChI=1S/C35H44N4O4/c1-2-17-38-18-14-29(15-19-38)39-24-28(37-23-27-7-6-10-31(20-27)43-30-8-4-3-5-9-30)22-32(39)35(40)36-16-13-26-11-12-33-34(21-26)42-25-41-33/h3-12,20-21,28-29,32,37H,2,13-19,22-25H2,1H3,(H,36,40)/t28-,32-/m0/s1. The van der Waals surface area contributed by atoms with Gasteiger partial charge in [0.25, 0.3) is 0 Å². The average molecular weight is 585 g/mol. The van der Waals surface area contributed by atoms with E-state index in [1.54, 1.807) is 0 Å². The molecule has 1 amide bonds. The van der Waals surface area contributed by atoms with E-state index in [2.05, 4.69) is 39.5 Å². The Labute approximate surface area is 255 Å². The number of carbonyl (C=O) groups is 1. The molecule has 8 heteroatoms. The van der Waals surface area contributed by atoms with Crippen molar-refractivity contribution in [2.24, 2.45) is 0 Å². The van der Waals surface area contributed by atoms with E-state index in [1.165, 1.54) is 12.0 Å². The van der Waals surface area contributed by atoms with Crippen molar-refractivity contribution in [2.75, 3.05) is 39.5 Å². The largest absolute Gasteiger partial charge is 0.457 e. The van der Waals surface area contributed by atoms with Crippen molar-refractivity contribution < 1.29 is 19.0 Å². The molecule has 3 aromatic rings. The van der Waals surface area contributed by atoms with Crippen LogP contribution in [0.25, 0.3) is 0 Å². The molecular formula is C35H44N4O4. The highest BCUT2D eigenvalue weighted by Crippen LogP contribution is 2.33. The van der Waals surface area contributed by atoms with Crippen molar-refractivity contribution in [1.82, 2.24) is 20.4 Å². The molecule has 3 aromatic carbocycles. The molecule has 2 N–H and O–H groups in total. The lowest BCUT2D eigenvalue weighted by Crippen LogP contribution is -2.51. The molecule has 0 aromatic heterocycles. The Hall–Kier alpha value is -3.59. The van der Waals surface area contributed by atoms with Crippen LogP contribution in [0.5, 0.6) is 23.0 Å². The molecule has 3 aliphatic heterocycles. The maximum atomic E-state index is 13.6. The Balaban J connectivity index is 1.06. The topological polar surface area (TPSA) is 75.3 Å². The minimum atomic E-state index is -0.121. The first-order valence-corrected chi connectivity index (χ1v) is 15.8. The number of hydrogen-bond acceptors (Lipinski definition) is 7. The molecule has 2 saturated heterocycles. The Kier molecular flexibility index (Phi) is 9.77. The summed E-state index contributed by atoms with van der Waals surface area (Å²) in [5, 5.41) is 7.02. The van der Waals surface area contributed by atoms with Gasteiger partial charge in [0.1, 0.15) is 11.5 Å². The van der Waals surface area contributed by atoms with E-state index in [9.17, 15) is 4.79 Å². The van der Waals surface area contributed by atoms with E-state index in [0.717, 1.165) is 87.0 Å². The fourth-order valence-corrected chi connectivity index (χ4v) is 6.61. The smallest absolute Gasteiger partial charge is 0.237 e. The summed E-state index contributed by atoms with van der Waals surface area (Å²) in [5.41, 5.74) is 2.30. The quantitative estimate of drug-likeness (QED) is 0.311. The van der Waals surface area contributed by atoms with Crippen LogP contribution >= 0.6 is 0 Å². The van der Waals surface area contributed by atoms with Gasteiger partial charge >= 0.3 is 0 Å². The van der Waals surface area contributed by atoms with Gasteiger partial charge in [0.05, 0.1) is 6.04 Å². The van der Waals surface area contributed by atoms with Crippen LogP contribution in [0, 0.1) is 0 Å². The lowest BCUT2D eigenvalue weighted by atomic mass is 10.0. The van der Waals surface area contributed by atoms with Gasteiger partial charge in [-0.25, -0.2) is 0 Å². The van der Waals surface area contributed by atoms with E-state index in [4.69, 9.17) is 14.2 Å². The summed E-state index contributed by atoms with van der Waals surface area (Å²) in [4.78, 5) is 18.7. The van der Waals surface area contributed by atoms with Crippen molar-refractivity contribution in [2.45, 2.75) is 63.7 Å². The highest BCUT2D eigenvalue weighted by molar-refractivity contribution is 5.82. The number of rotatable bonds is 12. The fourth-order valence-electron chi connectivity index (χ4n) is 6.61. The Bertz CT molecular complexity index is 1340. The number of amides is 1. The second-order valence-corrected chi connectivity index (χ2v) is 11.9. The summed E-state index contributed by atoms with van der Waals surface area (Å²) in [5.74, 6) is 3.37. The van der Waals surface area contributed by atoms with Crippen LogP contribution in [-0.4, -0.2) is 73.3 Å². The molecule has 0 aliphatic carbocycles. The summed E-state index contributed by atoms with van der Waals surface area (Å²) in [6.45, 7) is 8.12. The zero-order valence-corrected chi connectivity index (χ0v) is 25.2. The van der Waals surface area contributed by atoms with Gasteiger partial charge in [-0.05, 0) is 99.3 Å². The number of nitrogens with one attached hydrogen (secondary N) is 2. The zero-order chi connectivity index (χ0) is 29.4. The molecule has 6 rings (SSSR count). The van der Waals surface area contributed by atoms with Gasteiger partial charge in [-0.1, -0.05) is 43.3 Å². The van der Waals surface area contributed by atoms with Gasteiger partial charge in [0, 0.05) is 31.7 Å². The molecular weight excluding hydrogens is 540 g/mol. The summed E-state index contributed by atoms with van der Waals surface area (Å²) < 4.78 is 17.0. The summed E-state index contributed by atoms with van der Waals surface area (Å²) in [6.07, 6.45) is 4.99. The number of para-hydroxylation sites is 1. The van der Waals surface area contributed by atoms with E-state index in [1.807, 2.05) is 60.7 Å². The van der Waals surface area contributed by atoms with Gasteiger partial charge in [-0.15, -0.1) is 0 Å². The van der Waals surface area contributed by atoms with Crippen LogP contribution in [0.2, 0.25) is 0 Å². The molecule has 3 aliphatic rings. The van der Waals surface area contributed by atoms with Gasteiger partial charge < -0.3 is 29.7 Å². The lowest BCUT2D eigenvalue weighted by Gasteiger charge is -2.39. The van der Waals surface area contributed by atoms with Gasteiger partial charge in [0.15, 0.2) is 11.5 Å². The number of fused-ring (bicyclic) bond motifs is 1. The maximum absolute atomic E-state index is 13.6. The van der Waals surface area contributed by atoms with E-state index >= 15 is 0 Å². The third kappa shape index (κ3) is 7.68. The van der Waals surface area contributed by atoms with Gasteiger partial charge in [0.2, 0.25) is 12.7 Å². The number of nitrogens with zero attached hydrogens (tertiary/aromatic N) is 2. The Morgan fingerprint density at radius 1 is 0.930 bits per heavy atom. The van der Waals surface area contributed by atoms with Crippen LogP contribution in [-0.2, 0) is 17.8 Å². The monoisotopic (exact) mass is 584 g/mol. The highest BCUT2D eigenvalue weighted by Gasteiger charge is 2.41. The number of hydrogen-bond donors (Lipinski definition) is 2. The van der Waals surface area contributed by atoms with Crippen molar-refractivity contribution >= 4 is 5.91 Å². The van der Waals surface area contributed by atoms with E-state index in [-0.39, 0.29) is 24.8 Å². The molecule has 2 atom stereocenters. The van der Waals surface area contributed by atoms with Gasteiger partial charge in [-0.2, -0.15) is 0 Å². The van der Waals surface area contributed by atoms with Crippen molar-refractivity contribution in [1.29, 1.82) is 0 Å². The molecule has 2 fully saturated rings. The third-order valence-electron chi connectivity index (χ3n) is 8.83. The minimum absolute atomic E-state index is 0.121. The first-order valence-electron chi connectivity index (χ1n) is 15.8. The second kappa shape index (κ2) is 14.3. The molecule has 0 radical (unpaired) electrons. The van der Waals surface area contributed by atoms with Crippen LogP contribution < -0.4 is 24.8 Å². The predicted octanol–water partition coefficient (Wildman–Crippen LogP) is 4.97. The van der Waals surface area contributed by atoms with Gasteiger partial charge in [-0.3, -0.25) is 9.69 Å². The zero-order valence-electron chi connectivity index (χ0n) is 25.2. The lowest BCUT2D eigenvalue weighted by molar-refractivity contribution is -0.126. The predicted molar refractivity (Wildman–Crippen MR) is 168 cm³/mol. The molecule has 43 heavy (non-hydrogen) atoms. The number of carbonyl (C=O) groups excluding carboxylic acids is 1. The molecule has 3 heterocycles. The van der Waals surface area contributed by atoms with Crippen molar-refractivity contribution in [3.8, 4) is 23.0 Å². The normalized spacial score (nSPS) is 20.8. The van der Waals surface area contributed by atoms with Crippen LogP contribution in [0.15, 0.2) is 72.8 Å². The van der Waals surface area contributed by atoms with Crippen LogP contribution in [0.3, 0.4) is 0 Å². The molecule has 0 saturated carbocycles. The van der Waals surface area contributed by atoms with Crippen molar-refractivity contribution in [3.05, 3.63) is 83.9 Å². The molecule has 0 spiro atoms. The summed E-state index contributed by atoms with van der Waals surface area (Å²) in [7, 11) is 0. The number of ether oxygens (including phenoxy) is 3. The maximum Gasteiger partial charge on any atom is 0.237 e. The summed E-state index contributed by atoms with van der Waals surface area (Å²) in [6, 6.07) is 24.7.